The molecule has 0 saturated carbocycles. The Balaban J connectivity index is 0. The number of hydrogen-bond donors (Lipinski definition) is 2. The Morgan fingerprint density at radius 1 is 0.360 bits per heavy atom. The van der Waals surface area contributed by atoms with Crippen molar-refractivity contribution in [2.24, 2.45) is 11.5 Å². The summed E-state index contributed by atoms with van der Waals surface area (Å²) in [4.78, 5) is 0. The van der Waals surface area contributed by atoms with Crippen LogP contribution in [-0.4, -0.2) is 14.1 Å². The lowest BCUT2D eigenvalue weighted by atomic mass is 10.2. The topological polar surface area (TPSA) is 52.0 Å². The van der Waals surface area contributed by atoms with Crippen LogP contribution in [0.1, 0.15) is 16.7 Å². The Labute approximate surface area is 154 Å². The van der Waals surface area contributed by atoms with Crippen molar-refractivity contribution in [2.75, 3.05) is 14.1 Å². The Kier molecular flexibility index (Phi) is 19.5. The van der Waals surface area contributed by atoms with Gasteiger partial charge in [-0.15, -0.1) is 0 Å². The molecule has 0 aromatic heterocycles. The predicted octanol–water partition coefficient (Wildman–Crippen LogP) is 5.13. The van der Waals surface area contributed by atoms with Crippen LogP contribution in [0.5, 0.6) is 0 Å². The minimum atomic E-state index is 1.32. The Morgan fingerprint density at radius 2 is 0.560 bits per heavy atom. The van der Waals surface area contributed by atoms with Crippen LogP contribution in [0, 0.1) is 20.8 Å². The second-order valence-corrected chi connectivity index (χ2v) is 4.96. The van der Waals surface area contributed by atoms with Gasteiger partial charge in [0.25, 0.3) is 0 Å². The lowest BCUT2D eigenvalue weighted by molar-refractivity contribution is 1.40. The van der Waals surface area contributed by atoms with Crippen LogP contribution in [0.4, 0.5) is 0 Å². The third kappa shape index (κ3) is 17.8. The van der Waals surface area contributed by atoms with Crippen LogP contribution >= 0.6 is 0 Å². The molecule has 25 heavy (non-hydrogen) atoms. The van der Waals surface area contributed by atoms with Crippen molar-refractivity contribution in [1.29, 1.82) is 0 Å². The lowest BCUT2D eigenvalue weighted by Crippen LogP contribution is -1.70. The van der Waals surface area contributed by atoms with Crippen molar-refractivity contribution in [3.63, 3.8) is 0 Å². The lowest BCUT2D eigenvalue weighted by Gasteiger charge is -1.90. The maximum absolute atomic E-state index is 4.50. The van der Waals surface area contributed by atoms with Crippen molar-refractivity contribution < 1.29 is 0 Å². The summed E-state index contributed by atoms with van der Waals surface area (Å²) in [6, 6.07) is 30.7. The fourth-order valence-electron chi connectivity index (χ4n) is 1.56. The van der Waals surface area contributed by atoms with E-state index in [9.17, 15) is 0 Å². The zero-order chi connectivity index (χ0) is 19.3. The van der Waals surface area contributed by atoms with E-state index in [1.54, 1.807) is 0 Å². The van der Waals surface area contributed by atoms with E-state index in [2.05, 4.69) is 68.6 Å². The van der Waals surface area contributed by atoms with Gasteiger partial charge >= 0.3 is 0 Å². The maximum Gasteiger partial charge on any atom is -0.0195 e. The summed E-state index contributed by atoms with van der Waals surface area (Å²) in [5, 5.41) is 0. The van der Waals surface area contributed by atoms with Crippen LogP contribution in [-0.2, 0) is 0 Å². The fourth-order valence-corrected chi connectivity index (χ4v) is 1.56. The first-order chi connectivity index (χ1) is 12.2. The summed E-state index contributed by atoms with van der Waals surface area (Å²) in [6.45, 7) is 6.28. The molecular weight excluding hydrogens is 304 g/mol. The maximum atomic E-state index is 4.50. The van der Waals surface area contributed by atoms with Crippen LogP contribution in [0.2, 0.25) is 0 Å². The number of benzene rings is 3. The molecule has 0 atom stereocenters. The molecule has 0 fully saturated rings. The van der Waals surface area contributed by atoms with Gasteiger partial charge < -0.3 is 11.5 Å². The summed E-state index contributed by atoms with van der Waals surface area (Å²) in [5.74, 6) is 0. The number of aryl methyl sites for hydroxylation is 3. The van der Waals surface area contributed by atoms with Gasteiger partial charge in [0.05, 0.1) is 0 Å². The molecule has 136 valence electrons. The summed E-state index contributed by atoms with van der Waals surface area (Å²) >= 11 is 0. The van der Waals surface area contributed by atoms with Crippen molar-refractivity contribution in [2.45, 2.75) is 20.8 Å². The molecule has 3 rings (SSSR count). The van der Waals surface area contributed by atoms with Gasteiger partial charge in [-0.3, -0.25) is 0 Å². The van der Waals surface area contributed by atoms with E-state index < -0.39 is 0 Å². The van der Waals surface area contributed by atoms with Gasteiger partial charge in [-0.2, -0.15) is 0 Å². The molecule has 2 nitrogen and oxygen atoms in total. The number of nitrogens with two attached hydrogens (primary N) is 2. The summed E-state index contributed by atoms with van der Waals surface area (Å²) in [7, 11) is 3.00. The summed E-state index contributed by atoms with van der Waals surface area (Å²) in [5.41, 5.74) is 13.0. The first kappa shape index (κ1) is 24.8. The standard InChI is InChI=1S/C8H10.C7H8.C6H6.2CH5N/c1-7-3-5-8(2)6-4-7;1-7-5-3-2-4-6-7;1-2-4-6-5-3-1;2*1-2/h3-6H,1-2H3;2-6H,1H3;1-6H;2*2H2,1H3. The molecule has 0 unspecified atom stereocenters. The zero-order valence-electron chi connectivity index (χ0n) is 16.3. The van der Waals surface area contributed by atoms with Crippen molar-refractivity contribution >= 4 is 0 Å². The molecule has 0 amide bonds. The van der Waals surface area contributed by atoms with E-state index in [-0.39, 0.29) is 0 Å². The molecule has 0 saturated heterocycles. The highest BCUT2D eigenvalue weighted by molar-refractivity contribution is 5.19. The SMILES string of the molecule is CN.CN.Cc1ccc(C)cc1.Cc1ccccc1.c1ccccc1. The van der Waals surface area contributed by atoms with E-state index in [4.69, 9.17) is 0 Å². The largest absolute Gasteiger partial charge is 0.333 e. The van der Waals surface area contributed by atoms with E-state index in [1.807, 2.05) is 54.6 Å². The normalized spacial score (nSPS) is 7.80. The number of hydrogen-bond acceptors (Lipinski definition) is 2. The molecule has 0 aliphatic rings. The third-order valence-electron chi connectivity index (χ3n) is 2.83. The van der Waals surface area contributed by atoms with Crippen LogP contribution < -0.4 is 11.5 Å². The molecule has 0 radical (unpaired) electrons. The predicted molar refractivity (Wildman–Crippen MR) is 114 cm³/mol. The quantitative estimate of drug-likeness (QED) is 0.596. The second kappa shape index (κ2) is 19.6. The van der Waals surface area contributed by atoms with Crippen LogP contribution in [0.15, 0.2) is 91.0 Å². The second-order valence-electron chi connectivity index (χ2n) is 4.96. The zero-order valence-corrected chi connectivity index (χ0v) is 16.3. The molecular formula is C23H34N2. The van der Waals surface area contributed by atoms with Crippen molar-refractivity contribution in [1.82, 2.24) is 0 Å². The smallest absolute Gasteiger partial charge is 0.0195 e. The third-order valence-corrected chi connectivity index (χ3v) is 2.83. The van der Waals surface area contributed by atoms with Crippen molar-refractivity contribution in [3.05, 3.63) is 108 Å². The fraction of sp³-hybridized carbons (Fsp3) is 0.217. The van der Waals surface area contributed by atoms with Gasteiger partial charge in [0.2, 0.25) is 0 Å². The first-order valence-corrected chi connectivity index (χ1v) is 8.39. The van der Waals surface area contributed by atoms with Gasteiger partial charge in [0, 0.05) is 0 Å². The minimum Gasteiger partial charge on any atom is -0.333 e. The van der Waals surface area contributed by atoms with Gasteiger partial charge in [-0.25, -0.2) is 0 Å². The van der Waals surface area contributed by atoms with Crippen molar-refractivity contribution in [3.8, 4) is 0 Å². The minimum absolute atomic E-state index is 1.32. The molecule has 3 aromatic rings. The van der Waals surface area contributed by atoms with Gasteiger partial charge in [-0.1, -0.05) is 108 Å². The highest BCUT2D eigenvalue weighted by Gasteiger charge is 1.79. The van der Waals surface area contributed by atoms with Gasteiger partial charge in [-0.05, 0) is 34.9 Å². The highest BCUT2D eigenvalue weighted by atomic mass is 14.4. The average Bonchev–Trinajstić information content (AvgIpc) is 2.70. The number of rotatable bonds is 0. The summed E-state index contributed by atoms with van der Waals surface area (Å²) in [6.07, 6.45) is 0. The molecule has 0 bridgehead atoms. The summed E-state index contributed by atoms with van der Waals surface area (Å²) < 4.78 is 0. The van der Waals surface area contributed by atoms with E-state index in [1.165, 1.54) is 30.8 Å². The Morgan fingerprint density at radius 3 is 0.760 bits per heavy atom. The van der Waals surface area contributed by atoms with Gasteiger partial charge in [0.1, 0.15) is 0 Å². The Bertz CT molecular complexity index is 528. The van der Waals surface area contributed by atoms with Crippen LogP contribution in [0.3, 0.4) is 0 Å². The van der Waals surface area contributed by atoms with Gasteiger partial charge in [0.15, 0.2) is 0 Å². The van der Waals surface area contributed by atoms with E-state index >= 15 is 0 Å². The molecule has 4 N–H and O–H groups in total. The first-order valence-electron chi connectivity index (χ1n) is 8.39. The average molecular weight is 339 g/mol. The molecule has 2 heteroatoms. The molecule has 0 aliphatic carbocycles. The highest BCUT2D eigenvalue weighted by Crippen LogP contribution is 1.99. The monoisotopic (exact) mass is 338 g/mol. The molecule has 0 aliphatic heterocycles. The molecule has 3 aromatic carbocycles. The van der Waals surface area contributed by atoms with E-state index in [0.717, 1.165) is 0 Å². The molecule has 0 spiro atoms. The van der Waals surface area contributed by atoms with E-state index in [0.29, 0.717) is 0 Å². The molecule has 0 heterocycles. The van der Waals surface area contributed by atoms with Crippen LogP contribution in [0.25, 0.3) is 0 Å². The Hall–Kier alpha value is -2.42.